The van der Waals surface area contributed by atoms with E-state index in [-0.39, 0.29) is 10.7 Å². The van der Waals surface area contributed by atoms with Gasteiger partial charge in [-0.3, -0.25) is 15.1 Å². The zero-order valence-corrected chi connectivity index (χ0v) is 9.36. The van der Waals surface area contributed by atoms with Gasteiger partial charge in [0.1, 0.15) is 5.02 Å². The summed E-state index contributed by atoms with van der Waals surface area (Å²) < 4.78 is 0. The first-order valence-electron chi connectivity index (χ1n) is 4.85. The number of halogens is 1. The van der Waals surface area contributed by atoms with Gasteiger partial charge in [0.05, 0.1) is 15.8 Å². The summed E-state index contributed by atoms with van der Waals surface area (Å²) >= 11 is 5.91. The Morgan fingerprint density at radius 1 is 1.56 bits per heavy atom. The molecule has 0 N–H and O–H groups in total. The first-order valence-corrected chi connectivity index (χ1v) is 5.23. The Morgan fingerprint density at radius 3 is 2.94 bits per heavy atom. The highest BCUT2D eigenvalue weighted by Gasteiger charge is 2.19. The van der Waals surface area contributed by atoms with E-state index in [1.54, 1.807) is 24.4 Å². The van der Waals surface area contributed by atoms with Crippen LogP contribution in [0.3, 0.4) is 0 Å². The molecule has 0 fully saturated rings. The molecule has 2 aromatic rings. The lowest BCUT2D eigenvalue weighted by Gasteiger charge is -2.05. The molecule has 0 bridgehead atoms. The van der Waals surface area contributed by atoms with Crippen LogP contribution in [0.4, 0.5) is 5.69 Å². The summed E-state index contributed by atoms with van der Waals surface area (Å²) in [7, 11) is 0. The van der Waals surface area contributed by atoms with E-state index in [0.717, 1.165) is 12.0 Å². The minimum atomic E-state index is -0.466. The Kier molecular flexibility index (Phi) is 2.75. The van der Waals surface area contributed by atoms with Gasteiger partial charge in [-0.2, -0.15) is 0 Å². The van der Waals surface area contributed by atoms with Crippen LogP contribution in [0.25, 0.3) is 10.9 Å². The predicted molar refractivity (Wildman–Crippen MR) is 62.8 cm³/mol. The van der Waals surface area contributed by atoms with Crippen LogP contribution in [0.15, 0.2) is 24.4 Å². The number of hydrogen-bond donors (Lipinski definition) is 0. The lowest BCUT2D eigenvalue weighted by atomic mass is 10.1. The number of nitrogens with zero attached hydrogens (tertiary/aromatic N) is 2. The summed E-state index contributed by atoms with van der Waals surface area (Å²) in [6.07, 6.45) is 2.37. The van der Waals surface area contributed by atoms with Gasteiger partial charge in [0.25, 0.3) is 5.69 Å². The summed E-state index contributed by atoms with van der Waals surface area (Å²) in [6.45, 7) is 1.96. The highest BCUT2D eigenvalue weighted by Crippen LogP contribution is 2.34. The van der Waals surface area contributed by atoms with Crippen LogP contribution in [0.5, 0.6) is 0 Å². The largest absolute Gasteiger partial charge is 0.297 e. The molecule has 16 heavy (non-hydrogen) atoms. The van der Waals surface area contributed by atoms with Crippen LogP contribution in [-0.4, -0.2) is 9.91 Å². The zero-order chi connectivity index (χ0) is 11.7. The van der Waals surface area contributed by atoms with E-state index < -0.39 is 4.92 Å². The fourth-order valence-corrected chi connectivity index (χ4v) is 2.03. The zero-order valence-electron chi connectivity index (χ0n) is 8.61. The SMILES string of the molecule is CCc1cc(Cl)c([N+](=O)[O-])c2cccnc12. The van der Waals surface area contributed by atoms with Crippen molar-refractivity contribution in [1.82, 2.24) is 4.98 Å². The molecule has 5 heteroatoms. The molecule has 0 aliphatic heterocycles. The number of nitro benzene ring substituents is 1. The number of benzene rings is 1. The lowest BCUT2D eigenvalue weighted by molar-refractivity contribution is -0.382. The van der Waals surface area contributed by atoms with Crippen molar-refractivity contribution < 1.29 is 4.92 Å². The van der Waals surface area contributed by atoms with Gasteiger partial charge in [0.2, 0.25) is 0 Å². The number of fused-ring (bicyclic) bond motifs is 1. The number of aromatic nitrogens is 1. The number of hydrogen-bond acceptors (Lipinski definition) is 3. The van der Waals surface area contributed by atoms with Crippen LogP contribution in [0.2, 0.25) is 5.02 Å². The normalized spacial score (nSPS) is 10.6. The van der Waals surface area contributed by atoms with Crippen LogP contribution in [-0.2, 0) is 6.42 Å². The third-order valence-corrected chi connectivity index (χ3v) is 2.75. The molecule has 0 atom stereocenters. The maximum absolute atomic E-state index is 10.9. The molecule has 0 saturated carbocycles. The molecule has 1 aromatic heterocycles. The summed E-state index contributed by atoms with van der Waals surface area (Å²) in [5, 5.41) is 11.6. The van der Waals surface area contributed by atoms with E-state index in [2.05, 4.69) is 4.98 Å². The van der Waals surface area contributed by atoms with Crippen LogP contribution in [0.1, 0.15) is 12.5 Å². The van der Waals surface area contributed by atoms with Gasteiger partial charge < -0.3 is 0 Å². The number of aryl methyl sites for hydroxylation is 1. The van der Waals surface area contributed by atoms with Gasteiger partial charge in [-0.15, -0.1) is 0 Å². The lowest BCUT2D eigenvalue weighted by Crippen LogP contribution is -1.95. The molecule has 0 spiro atoms. The van der Waals surface area contributed by atoms with Gasteiger partial charge in [-0.25, -0.2) is 0 Å². The maximum Gasteiger partial charge on any atom is 0.297 e. The number of rotatable bonds is 2. The molecule has 0 amide bonds. The van der Waals surface area contributed by atoms with E-state index in [1.165, 1.54) is 0 Å². The van der Waals surface area contributed by atoms with Crippen molar-refractivity contribution in [3.05, 3.63) is 45.1 Å². The smallest absolute Gasteiger partial charge is 0.258 e. The average Bonchev–Trinajstić information content (AvgIpc) is 2.27. The quantitative estimate of drug-likeness (QED) is 0.593. The molecule has 1 heterocycles. The molecule has 0 radical (unpaired) electrons. The van der Waals surface area contributed by atoms with Crippen LogP contribution < -0.4 is 0 Å². The Morgan fingerprint density at radius 2 is 2.31 bits per heavy atom. The Hall–Kier alpha value is -1.68. The predicted octanol–water partition coefficient (Wildman–Crippen LogP) is 3.36. The molecule has 0 aliphatic rings. The number of pyridine rings is 1. The topological polar surface area (TPSA) is 56.0 Å². The van der Waals surface area contributed by atoms with Crippen molar-refractivity contribution in [2.24, 2.45) is 0 Å². The minimum absolute atomic E-state index is 0.0676. The minimum Gasteiger partial charge on any atom is -0.258 e. The molecule has 0 aliphatic carbocycles. The molecular formula is C11H9ClN2O2. The second-order valence-electron chi connectivity index (χ2n) is 3.38. The van der Waals surface area contributed by atoms with Crippen LogP contribution >= 0.6 is 11.6 Å². The number of nitro groups is 1. The average molecular weight is 237 g/mol. The third-order valence-electron chi connectivity index (χ3n) is 2.46. The second kappa shape index (κ2) is 4.06. The highest BCUT2D eigenvalue weighted by molar-refractivity contribution is 6.34. The first kappa shape index (κ1) is 10.8. The van der Waals surface area contributed by atoms with Gasteiger partial charge in [0, 0.05) is 6.20 Å². The van der Waals surface area contributed by atoms with E-state index in [1.807, 2.05) is 6.92 Å². The van der Waals surface area contributed by atoms with E-state index in [9.17, 15) is 10.1 Å². The molecule has 2 rings (SSSR count). The van der Waals surface area contributed by atoms with Crippen molar-refractivity contribution in [1.29, 1.82) is 0 Å². The van der Waals surface area contributed by atoms with Crippen molar-refractivity contribution >= 4 is 28.2 Å². The molecule has 82 valence electrons. The molecule has 1 aromatic carbocycles. The van der Waals surface area contributed by atoms with E-state index in [0.29, 0.717) is 10.9 Å². The van der Waals surface area contributed by atoms with E-state index in [4.69, 9.17) is 11.6 Å². The summed E-state index contributed by atoms with van der Waals surface area (Å²) in [6, 6.07) is 4.96. The monoisotopic (exact) mass is 236 g/mol. The molecule has 0 unspecified atom stereocenters. The van der Waals surface area contributed by atoms with Gasteiger partial charge in [-0.1, -0.05) is 18.5 Å². The van der Waals surface area contributed by atoms with E-state index >= 15 is 0 Å². The molecule has 4 nitrogen and oxygen atoms in total. The van der Waals surface area contributed by atoms with Crippen molar-refractivity contribution in [3.63, 3.8) is 0 Å². The third kappa shape index (κ3) is 1.61. The summed E-state index contributed by atoms with van der Waals surface area (Å²) in [4.78, 5) is 14.6. The van der Waals surface area contributed by atoms with Gasteiger partial charge in [0.15, 0.2) is 0 Å². The van der Waals surface area contributed by atoms with Crippen molar-refractivity contribution in [2.45, 2.75) is 13.3 Å². The second-order valence-corrected chi connectivity index (χ2v) is 3.78. The summed E-state index contributed by atoms with van der Waals surface area (Å²) in [5.74, 6) is 0. The molecule has 0 saturated heterocycles. The fraction of sp³-hybridized carbons (Fsp3) is 0.182. The summed E-state index contributed by atoms with van der Waals surface area (Å²) in [5.41, 5.74) is 1.51. The standard InChI is InChI=1S/C11H9ClN2O2/c1-2-7-6-9(12)11(14(15)16)8-4-3-5-13-10(7)8/h3-6H,2H2,1H3. The van der Waals surface area contributed by atoms with Gasteiger partial charge >= 0.3 is 0 Å². The highest BCUT2D eigenvalue weighted by atomic mass is 35.5. The molecular weight excluding hydrogens is 228 g/mol. The van der Waals surface area contributed by atoms with Crippen molar-refractivity contribution in [2.75, 3.05) is 0 Å². The Balaban J connectivity index is 2.92. The van der Waals surface area contributed by atoms with Crippen molar-refractivity contribution in [3.8, 4) is 0 Å². The maximum atomic E-state index is 10.9. The Labute approximate surface area is 97.0 Å². The Bertz CT molecular complexity index is 569. The van der Waals surface area contributed by atoms with Crippen LogP contribution in [0, 0.1) is 10.1 Å². The van der Waals surface area contributed by atoms with Gasteiger partial charge in [-0.05, 0) is 30.2 Å². The first-order chi connectivity index (χ1) is 7.65. The fourth-order valence-electron chi connectivity index (χ4n) is 1.73.